The Bertz CT molecular complexity index is 971. The number of benzene rings is 1. The van der Waals surface area contributed by atoms with Crippen LogP contribution in [0, 0.1) is 0 Å². The van der Waals surface area contributed by atoms with Crippen LogP contribution < -0.4 is 0 Å². The molecule has 132 valence electrons. The second-order valence-corrected chi connectivity index (χ2v) is 7.79. The molecular weight excluding hydrogens is 348 g/mol. The molecule has 0 bridgehead atoms. The number of pyridine rings is 2. The molecule has 0 aliphatic rings. The molecule has 0 saturated heterocycles. The Morgan fingerprint density at radius 3 is 2.35 bits per heavy atom. The number of nitrogens with zero attached hydrogens (tertiary/aromatic N) is 2. The fourth-order valence-corrected chi connectivity index (χ4v) is 3.75. The molecule has 0 atom stereocenters. The summed E-state index contributed by atoms with van der Waals surface area (Å²) in [5.41, 5.74) is 1.82. The quantitative estimate of drug-likeness (QED) is 0.642. The normalized spacial score (nSPS) is 11.2. The van der Waals surface area contributed by atoms with Crippen LogP contribution in [0.15, 0.2) is 83.1 Å². The van der Waals surface area contributed by atoms with E-state index in [1.54, 1.807) is 36.7 Å². The maximum absolute atomic E-state index is 12.5. The van der Waals surface area contributed by atoms with Crippen molar-refractivity contribution in [2.45, 2.75) is 29.2 Å². The lowest BCUT2D eigenvalue weighted by Crippen LogP contribution is -2.06. The molecule has 6 heteroatoms. The summed E-state index contributed by atoms with van der Waals surface area (Å²) >= 11 is 0. The summed E-state index contributed by atoms with van der Waals surface area (Å²) in [5, 5.41) is 0.0142. The highest BCUT2D eigenvalue weighted by Gasteiger charge is 2.18. The lowest BCUT2D eigenvalue weighted by molar-refractivity contribution is -0.118. The molecule has 0 aliphatic carbocycles. The molecule has 2 aromatic heterocycles. The second kappa shape index (κ2) is 8.01. The smallest absolute Gasteiger partial charge is 0.223 e. The second-order valence-electron chi connectivity index (χ2n) is 5.89. The van der Waals surface area contributed by atoms with Gasteiger partial charge in [-0.15, -0.1) is 0 Å². The van der Waals surface area contributed by atoms with Crippen molar-refractivity contribution < 1.29 is 13.2 Å². The van der Waals surface area contributed by atoms with E-state index in [2.05, 4.69) is 9.97 Å². The number of aryl methyl sites for hydroxylation is 1. The number of rotatable bonds is 7. The molecule has 0 aliphatic heterocycles. The Morgan fingerprint density at radius 1 is 0.885 bits per heavy atom. The van der Waals surface area contributed by atoms with Gasteiger partial charge >= 0.3 is 0 Å². The van der Waals surface area contributed by atoms with E-state index in [0.29, 0.717) is 12.8 Å². The Morgan fingerprint density at radius 2 is 1.69 bits per heavy atom. The zero-order valence-corrected chi connectivity index (χ0v) is 14.9. The predicted molar refractivity (Wildman–Crippen MR) is 97.4 cm³/mol. The first-order valence-corrected chi connectivity index (χ1v) is 9.70. The molecule has 3 rings (SSSR count). The molecule has 1 aromatic carbocycles. The molecule has 0 spiro atoms. The number of Topliss-reactive ketones (excluding diaryl/α,β-unsaturated/α-hetero) is 1. The molecule has 3 aromatic rings. The predicted octanol–water partition coefficient (Wildman–Crippen LogP) is 3.05. The van der Waals surface area contributed by atoms with Gasteiger partial charge in [0.1, 0.15) is 5.78 Å². The van der Waals surface area contributed by atoms with Crippen LogP contribution in [0.2, 0.25) is 0 Å². The Hall–Kier alpha value is -2.86. The van der Waals surface area contributed by atoms with Gasteiger partial charge in [-0.2, -0.15) is 0 Å². The number of aromatic nitrogens is 2. The van der Waals surface area contributed by atoms with E-state index < -0.39 is 9.84 Å². The third-order valence-electron chi connectivity index (χ3n) is 3.96. The van der Waals surface area contributed by atoms with E-state index in [1.807, 2.05) is 12.1 Å². The third-order valence-corrected chi connectivity index (χ3v) is 5.65. The van der Waals surface area contributed by atoms with Crippen molar-refractivity contribution >= 4 is 15.6 Å². The number of carbonyl (C=O) groups excluding carboxylic acids is 1. The molecule has 0 N–H and O–H groups in total. The van der Waals surface area contributed by atoms with Crippen LogP contribution in [0.5, 0.6) is 0 Å². The summed E-state index contributed by atoms with van der Waals surface area (Å²) in [6.07, 6.45) is 6.27. The molecule has 0 fully saturated rings. The maximum atomic E-state index is 12.5. The van der Waals surface area contributed by atoms with Gasteiger partial charge in [0.05, 0.1) is 4.90 Å². The Kier molecular flexibility index (Phi) is 5.53. The number of sulfone groups is 1. The summed E-state index contributed by atoms with van der Waals surface area (Å²) in [5.74, 6) is 0.106. The van der Waals surface area contributed by atoms with Gasteiger partial charge in [0.25, 0.3) is 0 Å². The summed E-state index contributed by atoms with van der Waals surface area (Å²) in [6.45, 7) is 0. The van der Waals surface area contributed by atoms with Crippen LogP contribution in [0.1, 0.15) is 17.5 Å². The zero-order chi connectivity index (χ0) is 18.4. The van der Waals surface area contributed by atoms with Gasteiger partial charge in [-0.1, -0.05) is 24.3 Å². The number of hydrogen-bond donors (Lipinski definition) is 0. The van der Waals surface area contributed by atoms with Crippen molar-refractivity contribution in [2.75, 3.05) is 0 Å². The van der Waals surface area contributed by atoms with Crippen LogP contribution in [0.4, 0.5) is 0 Å². The van der Waals surface area contributed by atoms with E-state index in [0.717, 1.165) is 11.1 Å². The number of ketones is 1. The van der Waals surface area contributed by atoms with Gasteiger partial charge in [-0.05, 0) is 47.9 Å². The van der Waals surface area contributed by atoms with Crippen molar-refractivity contribution in [1.82, 2.24) is 9.97 Å². The summed E-state index contributed by atoms with van der Waals surface area (Å²) in [7, 11) is -3.63. The molecule has 26 heavy (non-hydrogen) atoms. The lowest BCUT2D eigenvalue weighted by atomic mass is 10.0. The Labute approximate surface area is 152 Å². The van der Waals surface area contributed by atoms with Crippen molar-refractivity contribution in [2.24, 2.45) is 0 Å². The van der Waals surface area contributed by atoms with Gasteiger partial charge in [0.15, 0.2) is 5.03 Å². The minimum absolute atomic E-state index is 0.0142. The van der Waals surface area contributed by atoms with Crippen molar-refractivity contribution in [1.29, 1.82) is 0 Å². The molecule has 0 unspecified atom stereocenters. The molecule has 0 amide bonds. The van der Waals surface area contributed by atoms with Crippen molar-refractivity contribution in [3.05, 3.63) is 84.3 Å². The minimum Gasteiger partial charge on any atom is -0.299 e. The topological polar surface area (TPSA) is 77.0 Å². The van der Waals surface area contributed by atoms with Crippen molar-refractivity contribution in [3.8, 4) is 0 Å². The highest BCUT2D eigenvalue weighted by atomic mass is 32.2. The van der Waals surface area contributed by atoms with Gasteiger partial charge in [-0.3, -0.25) is 9.78 Å². The maximum Gasteiger partial charge on any atom is 0.223 e. The fraction of sp³-hybridized carbons (Fsp3) is 0.150. The highest BCUT2D eigenvalue weighted by molar-refractivity contribution is 7.91. The first-order valence-electron chi connectivity index (χ1n) is 8.21. The van der Waals surface area contributed by atoms with Gasteiger partial charge in [0.2, 0.25) is 9.84 Å². The molecular formula is C20H18N2O3S. The minimum atomic E-state index is -3.63. The van der Waals surface area contributed by atoms with Gasteiger partial charge < -0.3 is 0 Å². The van der Waals surface area contributed by atoms with Crippen LogP contribution in [0.3, 0.4) is 0 Å². The van der Waals surface area contributed by atoms with Crippen LogP contribution in [0.25, 0.3) is 0 Å². The van der Waals surface area contributed by atoms with E-state index in [1.165, 1.54) is 24.4 Å². The largest absolute Gasteiger partial charge is 0.299 e. The van der Waals surface area contributed by atoms with E-state index >= 15 is 0 Å². The SMILES string of the molecule is O=C(CCc1cccnc1)Cc1ccc(S(=O)(=O)c2ccccn2)cc1. The van der Waals surface area contributed by atoms with E-state index in [-0.39, 0.29) is 22.1 Å². The highest BCUT2D eigenvalue weighted by Crippen LogP contribution is 2.19. The fourth-order valence-electron chi connectivity index (χ4n) is 2.56. The summed E-state index contributed by atoms with van der Waals surface area (Å²) in [6, 6.07) is 15.0. The average molecular weight is 366 g/mol. The third kappa shape index (κ3) is 4.40. The van der Waals surface area contributed by atoms with E-state index in [4.69, 9.17) is 0 Å². The monoisotopic (exact) mass is 366 g/mol. The molecule has 2 heterocycles. The van der Waals surface area contributed by atoms with Crippen LogP contribution in [-0.2, 0) is 27.5 Å². The first-order chi connectivity index (χ1) is 12.6. The van der Waals surface area contributed by atoms with Gasteiger partial charge in [-0.25, -0.2) is 13.4 Å². The zero-order valence-electron chi connectivity index (χ0n) is 14.1. The Balaban J connectivity index is 1.63. The molecule has 0 radical (unpaired) electrons. The van der Waals surface area contributed by atoms with Gasteiger partial charge in [0, 0.05) is 31.4 Å². The molecule has 5 nitrogen and oxygen atoms in total. The van der Waals surface area contributed by atoms with Crippen LogP contribution >= 0.6 is 0 Å². The molecule has 0 saturated carbocycles. The summed E-state index contributed by atoms with van der Waals surface area (Å²) < 4.78 is 25.0. The lowest BCUT2D eigenvalue weighted by Gasteiger charge is -2.06. The van der Waals surface area contributed by atoms with Crippen LogP contribution in [-0.4, -0.2) is 24.2 Å². The van der Waals surface area contributed by atoms with E-state index in [9.17, 15) is 13.2 Å². The number of hydrogen-bond acceptors (Lipinski definition) is 5. The summed E-state index contributed by atoms with van der Waals surface area (Å²) in [4.78, 5) is 20.2. The number of carbonyl (C=O) groups is 1. The van der Waals surface area contributed by atoms with Crippen molar-refractivity contribution in [3.63, 3.8) is 0 Å². The standard InChI is InChI=1S/C20H18N2O3S/c23-18(9-6-17-4-3-12-21-15-17)14-16-7-10-19(11-8-16)26(24,25)20-5-1-2-13-22-20/h1-5,7-8,10-13,15H,6,9,14H2. The first kappa shape index (κ1) is 17.9. The average Bonchev–Trinajstić information content (AvgIpc) is 2.68.